The fourth-order valence-electron chi connectivity index (χ4n) is 4.31. The summed E-state index contributed by atoms with van der Waals surface area (Å²) < 4.78 is 28.5. The number of amidine groups is 1. The average Bonchev–Trinajstić information content (AvgIpc) is 3.24. The number of nitrogens with one attached hydrogen (secondary N) is 4. The quantitative estimate of drug-likeness (QED) is 0.234. The molecule has 12 heteroatoms. The third kappa shape index (κ3) is 5.83. The second kappa shape index (κ2) is 11.6. The molecule has 0 saturated heterocycles. The van der Waals surface area contributed by atoms with Crippen LogP contribution < -0.4 is 25.7 Å². The predicted octanol–water partition coefficient (Wildman–Crippen LogP) is 3.52. The normalized spacial score (nSPS) is 16.4. The molecule has 0 aromatic heterocycles. The highest BCUT2D eigenvalue weighted by Crippen LogP contribution is 2.28. The summed E-state index contributed by atoms with van der Waals surface area (Å²) in [6.07, 6.45) is 0. The van der Waals surface area contributed by atoms with E-state index in [4.69, 9.17) is 0 Å². The maximum absolute atomic E-state index is 14.0. The Bertz CT molecular complexity index is 1770. The fourth-order valence-corrected chi connectivity index (χ4v) is 5.41. The van der Waals surface area contributed by atoms with E-state index in [1.54, 1.807) is 91.0 Å². The van der Waals surface area contributed by atoms with Gasteiger partial charge in [0.1, 0.15) is 0 Å². The maximum atomic E-state index is 14.0. The van der Waals surface area contributed by atoms with Crippen molar-refractivity contribution in [2.45, 2.75) is 17.5 Å². The molecule has 1 unspecified atom stereocenters. The molecule has 4 N–H and O–H groups in total. The molecule has 0 fully saturated rings. The first kappa shape index (κ1) is 28.1. The molecule has 11 nitrogen and oxygen atoms in total. The van der Waals surface area contributed by atoms with Gasteiger partial charge in [0.2, 0.25) is 5.91 Å². The molecule has 4 aromatic rings. The maximum Gasteiger partial charge on any atom is 0.302 e. The second-order valence-electron chi connectivity index (χ2n) is 9.28. The van der Waals surface area contributed by atoms with Gasteiger partial charge in [-0.2, -0.15) is 5.01 Å². The van der Waals surface area contributed by atoms with Crippen molar-refractivity contribution in [3.05, 3.63) is 121 Å². The lowest BCUT2D eigenvalue weighted by Gasteiger charge is -2.31. The van der Waals surface area contributed by atoms with Crippen LogP contribution in [0.3, 0.4) is 0 Å². The first-order valence-electron chi connectivity index (χ1n) is 12.8. The minimum absolute atomic E-state index is 0.0179. The summed E-state index contributed by atoms with van der Waals surface area (Å²) in [4.78, 5) is 39.8. The molecular weight excluding hydrogens is 556 g/mol. The lowest BCUT2D eigenvalue weighted by atomic mass is 10.1. The molecule has 0 aliphatic carbocycles. The Morgan fingerprint density at radius 1 is 0.786 bits per heavy atom. The van der Waals surface area contributed by atoms with E-state index in [-0.39, 0.29) is 16.3 Å². The average molecular weight is 583 g/mol. The van der Waals surface area contributed by atoms with Gasteiger partial charge in [-0.1, -0.05) is 60.7 Å². The van der Waals surface area contributed by atoms with Gasteiger partial charge >= 0.3 is 5.91 Å². The van der Waals surface area contributed by atoms with Crippen LogP contribution in [0.15, 0.2) is 125 Å². The van der Waals surface area contributed by atoms with Crippen LogP contribution in [0.25, 0.3) is 0 Å². The molecule has 4 aromatic carbocycles. The number of anilines is 3. The van der Waals surface area contributed by atoms with Crippen molar-refractivity contribution in [2.24, 2.45) is 5.10 Å². The Kier molecular flexibility index (Phi) is 7.71. The Morgan fingerprint density at radius 3 is 2.00 bits per heavy atom. The number of benzene rings is 4. The van der Waals surface area contributed by atoms with Crippen LogP contribution in [-0.4, -0.2) is 37.6 Å². The summed E-state index contributed by atoms with van der Waals surface area (Å²) in [5.74, 6) is -2.20. The Hall–Kier alpha value is -5.49. The van der Waals surface area contributed by atoms with E-state index in [0.717, 1.165) is 5.01 Å². The monoisotopic (exact) mass is 582 g/mol. The van der Waals surface area contributed by atoms with E-state index in [1.807, 2.05) is 0 Å². The molecule has 1 aliphatic heterocycles. The van der Waals surface area contributed by atoms with Crippen molar-refractivity contribution in [1.29, 1.82) is 0 Å². The van der Waals surface area contributed by atoms with Gasteiger partial charge in [0.25, 0.3) is 21.6 Å². The number of rotatable bonds is 8. The first-order chi connectivity index (χ1) is 20.2. The van der Waals surface area contributed by atoms with Gasteiger partial charge in [-0.15, -0.1) is 5.10 Å². The number of hydrazone groups is 1. The minimum Gasteiger partial charge on any atom is -0.348 e. The summed E-state index contributed by atoms with van der Waals surface area (Å²) in [7, 11) is -4.02. The predicted molar refractivity (Wildman–Crippen MR) is 159 cm³/mol. The minimum atomic E-state index is -4.02. The molecule has 212 valence electrons. The standard InChI is InChI=1S/C30H26N6O5S/c1-21(37)32-30(33-23-13-5-2-6-14-23)28(34-36(29(30)39)25-17-9-4-10-18-25)31-27(38)22-12-11-19-26(20-22)42(40,41)35-24-15-7-3-8-16-24/h2-20,33,35H,1H3,(H,32,37)(H,31,34,38). The van der Waals surface area contributed by atoms with Crippen LogP contribution in [0.2, 0.25) is 0 Å². The first-order valence-corrected chi connectivity index (χ1v) is 14.3. The number of nitrogens with zero attached hydrogens (tertiary/aromatic N) is 2. The third-order valence-electron chi connectivity index (χ3n) is 6.20. The van der Waals surface area contributed by atoms with Gasteiger partial charge < -0.3 is 16.0 Å². The molecular formula is C30H26N6O5S. The molecule has 0 saturated carbocycles. The Morgan fingerprint density at radius 2 is 1.38 bits per heavy atom. The number of carbonyl (C=O) groups is 3. The van der Waals surface area contributed by atoms with Gasteiger partial charge in [0, 0.05) is 23.9 Å². The van der Waals surface area contributed by atoms with Crippen molar-refractivity contribution < 1.29 is 22.8 Å². The van der Waals surface area contributed by atoms with Gasteiger partial charge in [0.15, 0.2) is 5.84 Å². The van der Waals surface area contributed by atoms with E-state index in [9.17, 15) is 22.8 Å². The number of hydrogen-bond donors (Lipinski definition) is 4. The van der Waals surface area contributed by atoms with Crippen molar-refractivity contribution >= 4 is 50.6 Å². The summed E-state index contributed by atoms with van der Waals surface area (Å²) >= 11 is 0. The van der Waals surface area contributed by atoms with Gasteiger partial charge in [-0.05, 0) is 54.6 Å². The van der Waals surface area contributed by atoms with Crippen molar-refractivity contribution in [3.63, 3.8) is 0 Å². The molecule has 0 spiro atoms. The van der Waals surface area contributed by atoms with Crippen LogP contribution in [0, 0.1) is 0 Å². The van der Waals surface area contributed by atoms with Crippen LogP contribution in [0.4, 0.5) is 17.1 Å². The number of carbonyl (C=O) groups excluding carboxylic acids is 3. The number of hydrogen-bond acceptors (Lipinski definition) is 7. The zero-order valence-electron chi connectivity index (χ0n) is 22.3. The number of para-hydroxylation sites is 3. The van der Waals surface area contributed by atoms with E-state index in [1.165, 1.54) is 31.2 Å². The second-order valence-corrected chi connectivity index (χ2v) is 11.0. The Labute approximate surface area is 242 Å². The van der Waals surface area contributed by atoms with Gasteiger partial charge in [-0.3, -0.25) is 19.1 Å². The molecule has 1 aliphatic rings. The molecule has 42 heavy (non-hydrogen) atoms. The zero-order valence-corrected chi connectivity index (χ0v) is 23.1. The van der Waals surface area contributed by atoms with Crippen molar-refractivity contribution in [3.8, 4) is 0 Å². The smallest absolute Gasteiger partial charge is 0.302 e. The summed E-state index contributed by atoms with van der Waals surface area (Å²) in [5, 5.41) is 13.8. The molecule has 3 amide bonds. The Balaban J connectivity index is 1.51. The molecule has 0 radical (unpaired) electrons. The highest BCUT2D eigenvalue weighted by molar-refractivity contribution is 7.92. The largest absolute Gasteiger partial charge is 0.348 e. The highest BCUT2D eigenvalue weighted by atomic mass is 32.2. The lowest BCUT2D eigenvalue weighted by molar-refractivity contribution is -0.127. The molecule has 0 bridgehead atoms. The summed E-state index contributed by atoms with van der Waals surface area (Å²) in [6.45, 7) is 1.24. The number of sulfonamides is 1. The SMILES string of the molecule is CC(=O)NC1(Nc2ccccc2)C(=O)N(c2ccccc2)N=C1NC(=O)c1cccc(S(=O)(=O)Nc2ccccc2)c1. The van der Waals surface area contributed by atoms with E-state index < -0.39 is 33.4 Å². The zero-order chi connectivity index (χ0) is 29.7. The summed E-state index contributed by atoms with van der Waals surface area (Å²) in [6, 6.07) is 30.9. The highest BCUT2D eigenvalue weighted by Gasteiger charge is 2.54. The van der Waals surface area contributed by atoms with Crippen molar-refractivity contribution in [1.82, 2.24) is 10.6 Å². The molecule has 1 heterocycles. The fraction of sp³-hybridized carbons (Fsp3) is 0.0667. The van der Waals surface area contributed by atoms with Crippen LogP contribution >= 0.6 is 0 Å². The molecule has 1 atom stereocenters. The van der Waals surface area contributed by atoms with Gasteiger partial charge in [0.05, 0.1) is 10.6 Å². The van der Waals surface area contributed by atoms with Crippen LogP contribution in [0.5, 0.6) is 0 Å². The van der Waals surface area contributed by atoms with E-state index in [0.29, 0.717) is 17.1 Å². The van der Waals surface area contributed by atoms with E-state index >= 15 is 0 Å². The van der Waals surface area contributed by atoms with Gasteiger partial charge in [-0.25, -0.2) is 8.42 Å². The third-order valence-corrected chi connectivity index (χ3v) is 7.58. The molecule has 5 rings (SSSR count). The topological polar surface area (TPSA) is 149 Å². The van der Waals surface area contributed by atoms with Crippen LogP contribution in [-0.2, 0) is 19.6 Å². The van der Waals surface area contributed by atoms with E-state index in [2.05, 4.69) is 25.8 Å². The van der Waals surface area contributed by atoms with Crippen molar-refractivity contribution in [2.75, 3.05) is 15.0 Å². The summed E-state index contributed by atoms with van der Waals surface area (Å²) in [5.41, 5.74) is -0.778. The van der Waals surface area contributed by atoms with Crippen LogP contribution in [0.1, 0.15) is 17.3 Å². The number of amides is 3. The lowest BCUT2D eigenvalue weighted by Crippen LogP contribution is -2.67.